The molecule has 0 radical (unpaired) electrons. The van der Waals surface area contributed by atoms with E-state index in [-0.39, 0.29) is 6.17 Å². The van der Waals surface area contributed by atoms with Crippen molar-refractivity contribution in [3.05, 3.63) is 72.8 Å². The molecule has 4 heteroatoms. The van der Waals surface area contributed by atoms with E-state index < -0.39 is 0 Å². The van der Waals surface area contributed by atoms with Crippen LogP contribution < -0.4 is 0 Å². The Morgan fingerprint density at radius 3 is 2.62 bits per heavy atom. The largest absolute Gasteiger partial charge is 0.274 e. The molecule has 0 aliphatic rings. The van der Waals surface area contributed by atoms with Crippen LogP contribution in [0.5, 0.6) is 0 Å². The van der Waals surface area contributed by atoms with Gasteiger partial charge < -0.3 is 0 Å². The van der Waals surface area contributed by atoms with Gasteiger partial charge in [-0.15, -0.1) is 11.7 Å². The summed E-state index contributed by atoms with van der Waals surface area (Å²) in [6, 6.07) is 18.7. The minimum atomic E-state index is 0.167. The van der Waals surface area contributed by atoms with Crippen molar-refractivity contribution in [1.82, 2.24) is 19.9 Å². The highest BCUT2D eigenvalue weighted by Gasteiger charge is 2.21. The zero-order valence-corrected chi connectivity index (χ0v) is 14.2. The molecule has 0 aliphatic heterocycles. The summed E-state index contributed by atoms with van der Waals surface area (Å²) in [6.45, 7) is 7.83. The lowest BCUT2D eigenvalue weighted by Crippen LogP contribution is -2.33. The van der Waals surface area contributed by atoms with E-state index in [1.165, 1.54) is 5.56 Å². The number of hydrogen-bond donors (Lipinski definition) is 0. The van der Waals surface area contributed by atoms with Crippen molar-refractivity contribution in [2.24, 2.45) is 0 Å². The Morgan fingerprint density at radius 2 is 1.88 bits per heavy atom. The van der Waals surface area contributed by atoms with E-state index in [0.29, 0.717) is 0 Å². The first-order chi connectivity index (χ1) is 11.8. The lowest BCUT2D eigenvalue weighted by atomic mass is 10.1. The minimum Gasteiger partial charge on any atom is -0.274 e. The van der Waals surface area contributed by atoms with Gasteiger partial charge in [0.25, 0.3) is 0 Å². The van der Waals surface area contributed by atoms with Gasteiger partial charge >= 0.3 is 0 Å². The second kappa shape index (κ2) is 7.88. The van der Waals surface area contributed by atoms with Crippen molar-refractivity contribution in [2.75, 3.05) is 6.54 Å². The van der Waals surface area contributed by atoms with Crippen LogP contribution in [0.25, 0.3) is 11.0 Å². The molecule has 0 spiro atoms. The first kappa shape index (κ1) is 16.4. The molecule has 0 saturated heterocycles. The smallest absolute Gasteiger partial charge is 0.113 e. The van der Waals surface area contributed by atoms with Crippen LogP contribution >= 0.6 is 0 Å². The number of fused-ring (bicyclic) bond motifs is 1. The van der Waals surface area contributed by atoms with Crippen LogP contribution in [0.15, 0.2) is 67.3 Å². The molecule has 0 amide bonds. The Labute approximate surface area is 143 Å². The molecule has 2 aromatic carbocycles. The van der Waals surface area contributed by atoms with Gasteiger partial charge in [0.2, 0.25) is 0 Å². The lowest BCUT2D eigenvalue weighted by molar-refractivity contribution is 0.126. The van der Waals surface area contributed by atoms with E-state index in [0.717, 1.165) is 37.0 Å². The molecule has 0 N–H and O–H groups in total. The molecule has 0 bridgehead atoms. The van der Waals surface area contributed by atoms with Gasteiger partial charge in [-0.25, -0.2) is 4.68 Å². The third kappa shape index (κ3) is 3.54. The van der Waals surface area contributed by atoms with E-state index in [2.05, 4.69) is 69.8 Å². The van der Waals surface area contributed by atoms with E-state index in [1.54, 1.807) is 0 Å². The molecular weight excluding hydrogens is 296 g/mol. The molecule has 24 heavy (non-hydrogen) atoms. The monoisotopic (exact) mass is 320 g/mol. The van der Waals surface area contributed by atoms with E-state index in [9.17, 15) is 0 Å². The molecule has 124 valence electrons. The number of rotatable bonds is 8. The average Bonchev–Trinajstić information content (AvgIpc) is 3.04. The van der Waals surface area contributed by atoms with E-state index in [1.807, 2.05) is 24.3 Å². The summed E-state index contributed by atoms with van der Waals surface area (Å²) < 4.78 is 2.06. The second-order valence-electron chi connectivity index (χ2n) is 6.00. The SMILES string of the molecule is C=CCN(Cc1ccccc1)C(CCC)n1nnc2ccccc21. The van der Waals surface area contributed by atoms with Gasteiger partial charge in [-0.3, -0.25) is 4.90 Å². The molecule has 1 atom stereocenters. The summed E-state index contributed by atoms with van der Waals surface area (Å²) in [6.07, 6.45) is 4.24. The molecule has 0 aliphatic carbocycles. The van der Waals surface area contributed by atoms with Crippen molar-refractivity contribution < 1.29 is 0 Å². The van der Waals surface area contributed by atoms with Crippen LogP contribution in [-0.4, -0.2) is 26.4 Å². The number of para-hydroxylation sites is 1. The third-order valence-corrected chi connectivity index (χ3v) is 4.22. The van der Waals surface area contributed by atoms with Crippen molar-refractivity contribution in [2.45, 2.75) is 32.5 Å². The van der Waals surface area contributed by atoms with Gasteiger partial charge in [-0.05, 0) is 24.1 Å². The standard InChI is InChI=1S/C20H24N4/c1-3-10-20(24-19-14-9-8-13-18(19)21-22-24)23(15-4-2)16-17-11-6-5-7-12-17/h4-9,11-14,20H,2-3,10,15-16H2,1H3. The third-order valence-electron chi connectivity index (χ3n) is 4.22. The Bertz CT molecular complexity index is 778. The predicted octanol–water partition coefficient (Wildman–Crippen LogP) is 4.42. The maximum absolute atomic E-state index is 4.45. The van der Waals surface area contributed by atoms with Crippen molar-refractivity contribution >= 4 is 11.0 Å². The highest BCUT2D eigenvalue weighted by atomic mass is 15.5. The van der Waals surface area contributed by atoms with Gasteiger partial charge in [0.15, 0.2) is 0 Å². The average molecular weight is 320 g/mol. The minimum absolute atomic E-state index is 0.167. The highest BCUT2D eigenvalue weighted by Crippen LogP contribution is 2.25. The molecule has 3 aromatic rings. The highest BCUT2D eigenvalue weighted by molar-refractivity contribution is 5.73. The van der Waals surface area contributed by atoms with Gasteiger partial charge in [-0.2, -0.15) is 0 Å². The molecule has 3 rings (SSSR count). The quantitative estimate of drug-likeness (QED) is 0.576. The van der Waals surface area contributed by atoms with Crippen LogP contribution in [0.4, 0.5) is 0 Å². The first-order valence-electron chi connectivity index (χ1n) is 8.52. The van der Waals surface area contributed by atoms with E-state index >= 15 is 0 Å². The van der Waals surface area contributed by atoms with Gasteiger partial charge in [0.05, 0.1) is 5.52 Å². The van der Waals surface area contributed by atoms with Crippen LogP contribution in [-0.2, 0) is 6.54 Å². The zero-order valence-electron chi connectivity index (χ0n) is 14.2. The molecule has 1 heterocycles. The molecule has 4 nitrogen and oxygen atoms in total. The Hall–Kier alpha value is -2.46. The van der Waals surface area contributed by atoms with Crippen molar-refractivity contribution in [3.8, 4) is 0 Å². The Morgan fingerprint density at radius 1 is 1.12 bits per heavy atom. The van der Waals surface area contributed by atoms with Gasteiger partial charge in [0, 0.05) is 13.1 Å². The Kier molecular flexibility index (Phi) is 5.39. The summed E-state index contributed by atoms with van der Waals surface area (Å²) in [5.41, 5.74) is 3.32. The van der Waals surface area contributed by atoms with Crippen LogP contribution in [0.1, 0.15) is 31.5 Å². The molecule has 1 unspecified atom stereocenters. The predicted molar refractivity (Wildman–Crippen MR) is 98.5 cm³/mol. The number of nitrogens with zero attached hydrogens (tertiary/aromatic N) is 4. The molecular formula is C20H24N4. The summed E-state index contributed by atoms with van der Waals surface area (Å²) in [5.74, 6) is 0. The zero-order chi connectivity index (χ0) is 16.8. The lowest BCUT2D eigenvalue weighted by Gasteiger charge is -2.31. The summed E-state index contributed by atoms with van der Waals surface area (Å²) in [7, 11) is 0. The maximum atomic E-state index is 4.45. The second-order valence-corrected chi connectivity index (χ2v) is 6.00. The topological polar surface area (TPSA) is 34.0 Å². The first-order valence-corrected chi connectivity index (χ1v) is 8.52. The van der Waals surface area contributed by atoms with Crippen molar-refractivity contribution in [3.63, 3.8) is 0 Å². The fraction of sp³-hybridized carbons (Fsp3) is 0.300. The maximum Gasteiger partial charge on any atom is 0.113 e. The Balaban J connectivity index is 1.95. The van der Waals surface area contributed by atoms with Crippen LogP contribution in [0.3, 0.4) is 0 Å². The summed E-state index contributed by atoms with van der Waals surface area (Å²) in [5, 5.41) is 8.78. The van der Waals surface area contributed by atoms with Crippen LogP contribution in [0, 0.1) is 0 Å². The fourth-order valence-corrected chi connectivity index (χ4v) is 3.10. The van der Waals surface area contributed by atoms with E-state index in [4.69, 9.17) is 0 Å². The fourth-order valence-electron chi connectivity index (χ4n) is 3.10. The number of hydrogen-bond acceptors (Lipinski definition) is 3. The molecule has 0 saturated carbocycles. The summed E-state index contributed by atoms with van der Waals surface area (Å²) in [4.78, 5) is 2.41. The van der Waals surface area contributed by atoms with Crippen LogP contribution in [0.2, 0.25) is 0 Å². The number of benzene rings is 2. The summed E-state index contributed by atoms with van der Waals surface area (Å²) >= 11 is 0. The normalized spacial score (nSPS) is 12.6. The number of aromatic nitrogens is 3. The molecule has 1 aromatic heterocycles. The van der Waals surface area contributed by atoms with Crippen molar-refractivity contribution in [1.29, 1.82) is 0 Å². The van der Waals surface area contributed by atoms with Gasteiger partial charge in [0.1, 0.15) is 11.7 Å². The van der Waals surface area contributed by atoms with Gasteiger partial charge in [-0.1, -0.05) is 67.1 Å². The molecule has 0 fully saturated rings.